The number of nitrogens with one attached hydrogen (secondary N) is 1. The van der Waals surface area contributed by atoms with Crippen molar-refractivity contribution in [2.45, 2.75) is 32.2 Å². The van der Waals surface area contributed by atoms with Gasteiger partial charge in [-0.1, -0.05) is 13.0 Å². The number of hydrogen-bond donors (Lipinski definition) is 2. The summed E-state index contributed by atoms with van der Waals surface area (Å²) in [6.45, 7) is 5.19. The molecule has 1 heterocycles. The molecule has 1 aromatic rings. The van der Waals surface area contributed by atoms with Gasteiger partial charge in [-0.15, -0.1) is 0 Å². The Kier molecular flexibility index (Phi) is 4.95. The zero-order chi connectivity index (χ0) is 14.5. The number of carboxylic acids is 1. The van der Waals surface area contributed by atoms with Gasteiger partial charge in [0.2, 0.25) is 0 Å². The van der Waals surface area contributed by atoms with Crippen molar-refractivity contribution in [3.63, 3.8) is 0 Å². The van der Waals surface area contributed by atoms with E-state index in [1.807, 2.05) is 0 Å². The zero-order valence-corrected chi connectivity index (χ0v) is 11.7. The smallest absolute Gasteiger partial charge is 0.337 e. The quantitative estimate of drug-likeness (QED) is 0.871. The van der Waals surface area contributed by atoms with Crippen LogP contribution in [0.25, 0.3) is 0 Å². The molecule has 20 heavy (non-hydrogen) atoms. The fourth-order valence-electron chi connectivity index (χ4n) is 2.67. The lowest BCUT2D eigenvalue weighted by atomic mass is 10.0. The monoisotopic (exact) mass is 280 g/mol. The first kappa shape index (κ1) is 14.8. The normalized spacial score (nSPS) is 17.1. The summed E-state index contributed by atoms with van der Waals surface area (Å²) in [4.78, 5) is 13.5. The van der Waals surface area contributed by atoms with Crippen LogP contribution >= 0.6 is 0 Å². The Morgan fingerprint density at radius 1 is 1.45 bits per heavy atom. The molecule has 110 valence electrons. The SMILES string of the molecule is CCCN1CCC(Nc2c(F)cccc2C(=O)O)CC1. The van der Waals surface area contributed by atoms with E-state index in [0.29, 0.717) is 0 Å². The molecule has 4 nitrogen and oxygen atoms in total. The highest BCUT2D eigenvalue weighted by molar-refractivity contribution is 5.94. The van der Waals surface area contributed by atoms with Crippen LogP contribution in [0.15, 0.2) is 18.2 Å². The van der Waals surface area contributed by atoms with Crippen LogP contribution in [0.5, 0.6) is 0 Å². The first-order chi connectivity index (χ1) is 9.61. The van der Waals surface area contributed by atoms with Crippen LogP contribution in [0.1, 0.15) is 36.5 Å². The number of halogens is 1. The van der Waals surface area contributed by atoms with E-state index in [1.54, 1.807) is 0 Å². The lowest BCUT2D eigenvalue weighted by Gasteiger charge is -2.32. The second kappa shape index (κ2) is 6.70. The Hall–Kier alpha value is -1.62. The number of benzene rings is 1. The Balaban J connectivity index is 2.03. The Morgan fingerprint density at radius 2 is 2.15 bits per heavy atom. The third-order valence-corrected chi connectivity index (χ3v) is 3.72. The Bertz CT molecular complexity index is 471. The third-order valence-electron chi connectivity index (χ3n) is 3.72. The van der Waals surface area contributed by atoms with Crippen LogP contribution in [-0.4, -0.2) is 41.7 Å². The van der Waals surface area contributed by atoms with Crippen LogP contribution < -0.4 is 5.32 Å². The average Bonchev–Trinajstić information content (AvgIpc) is 2.43. The molecule has 0 atom stereocenters. The zero-order valence-electron chi connectivity index (χ0n) is 11.7. The maximum Gasteiger partial charge on any atom is 0.337 e. The standard InChI is InChI=1S/C15H21FN2O2/c1-2-8-18-9-6-11(7-10-18)17-14-12(15(19)20)4-3-5-13(14)16/h3-5,11,17H,2,6-10H2,1H3,(H,19,20). The van der Waals surface area contributed by atoms with Gasteiger partial charge in [-0.05, 0) is 37.9 Å². The number of aromatic carboxylic acids is 1. The van der Waals surface area contributed by atoms with Crippen LogP contribution in [0, 0.1) is 5.82 Å². The first-order valence-corrected chi connectivity index (χ1v) is 7.12. The van der Waals surface area contributed by atoms with E-state index < -0.39 is 11.8 Å². The highest BCUT2D eigenvalue weighted by Crippen LogP contribution is 2.23. The summed E-state index contributed by atoms with van der Waals surface area (Å²) in [6.07, 6.45) is 2.95. The predicted molar refractivity (Wildman–Crippen MR) is 76.7 cm³/mol. The summed E-state index contributed by atoms with van der Waals surface area (Å²) in [5.74, 6) is -1.60. The van der Waals surface area contributed by atoms with E-state index in [1.165, 1.54) is 18.2 Å². The molecule has 0 spiro atoms. The molecule has 0 aliphatic carbocycles. The van der Waals surface area contributed by atoms with Crippen molar-refractivity contribution in [3.05, 3.63) is 29.6 Å². The van der Waals surface area contributed by atoms with Crippen molar-refractivity contribution in [3.8, 4) is 0 Å². The molecule has 1 aliphatic rings. The van der Waals surface area contributed by atoms with Crippen LogP contribution in [0.4, 0.5) is 10.1 Å². The molecular formula is C15H21FN2O2. The van der Waals surface area contributed by atoms with Crippen molar-refractivity contribution < 1.29 is 14.3 Å². The summed E-state index contributed by atoms with van der Waals surface area (Å²) in [5.41, 5.74) is 0.120. The van der Waals surface area contributed by atoms with E-state index >= 15 is 0 Å². The van der Waals surface area contributed by atoms with Gasteiger partial charge in [0.15, 0.2) is 0 Å². The molecule has 2 N–H and O–H groups in total. The average molecular weight is 280 g/mol. The Labute approximate surface area is 118 Å². The summed E-state index contributed by atoms with van der Waals surface area (Å²) in [5, 5.41) is 12.2. The number of nitrogens with zero attached hydrogens (tertiary/aromatic N) is 1. The lowest BCUT2D eigenvalue weighted by molar-refractivity contribution is 0.0697. The number of anilines is 1. The molecule has 1 fully saturated rings. The summed E-state index contributed by atoms with van der Waals surface area (Å²) < 4.78 is 13.8. The predicted octanol–water partition coefficient (Wildman–Crippen LogP) is 2.81. The van der Waals surface area contributed by atoms with Gasteiger partial charge in [0.05, 0.1) is 11.3 Å². The van der Waals surface area contributed by atoms with E-state index in [2.05, 4.69) is 17.1 Å². The van der Waals surface area contributed by atoms with E-state index in [0.717, 1.165) is 38.9 Å². The molecule has 0 unspecified atom stereocenters. The second-order valence-corrected chi connectivity index (χ2v) is 5.23. The summed E-state index contributed by atoms with van der Waals surface area (Å²) in [7, 11) is 0. The van der Waals surface area contributed by atoms with Gasteiger partial charge in [-0.3, -0.25) is 0 Å². The fraction of sp³-hybridized carbons (Fsp3) is 0.533. The molecule has 0 aromatic heterocycles. The first-order valence-electron chi connectivity index (χ1n) is 7.12. The number of piperidine rings is 1. The van der Waals surface area contributed by atoms with Gasteiger partial charge in [-0.2, -0.15) is 0 Å². The molecule has 0 amide bonds. The minimum Gasteiger partial charge on any atom is -0.478 e. The molecule has 5 heteroatoms. The molecule has 0 bridgehead atoms. The molecule has 1 saturated heterocycles. The van der Waals surface area contributed by atoms with Crippen molar-refractivity contribution in [2.24, 2.45) is 0 Å². The molecule has 1 aliphatic heterocycles. The van der Waals surface area contributed by atoms with Gasteiger partial charge < -0.3 is 15.3 Å². The third kappa shape index (κ3) is 3.48. The minimum atomic E-state index is -1.10. The van der Waals surface area contributed by atoms with Crippen molar-refractivity contribution >= 4 is 11.7 Å². The van der Waals surface area contributed by atoms with Gasteiger partial charge in [0.25, 0.3) is 0 Å². The number of hydrogen-bond acceptors (Lipinski definition) is 3. The molecule has 1 aromatic carbocycles. The fourth-order valence-corrected chi connectivity index (χ4v) is 2.67. The van der Waals surface area contributed by atoms with Crippen LogP contribution in [0.2, 0.25) is 0 Å². The van der Waals surface area contributed by atoms with E-state index in [-0.39, 0.29) is 17.3 Å². The molecule has 0 saturated carbocycles. The van der Waals surface area contributed by atoms with Crippen molar-refractivity contribution in [1.29, 1.82) is 0 Å². The van der Waals surface area contributed by atoms with E-state index in [4.69, 9.17) is 5.11 Å². The number of rotatable bonds is 5. The minimum absolute atomic E-state index is 0.000915. The maximum absolute atomic E-state index is 13.8. The number of para-hydroxylation sites is 1. The van der Waals surface area contributed by atoms with Gasteiger partial charge in [0, 0.05) is 19.1 Å². The number of carboxylic acid groups (broad SMARTS) is 1. The number of likely N-dealkylation sites (tertiary alicyclic amines) is 1. The van der Waals surface area contributed by atoms with Gasteiger partial charge >= 0.3 is 5.97 Å². The highest BCUT2D eigenvalue weighted by Gasteiger charge is 2.22. The number of carbonyl (C=O) groups is 1. The van der Waals surface area contributed by atoms with Gasteiger partial charge in [-0.25, -0.2) is 9.18 Å². The van der Waals surface area contributed by atoms with Crippen LogP contribution in [0.3, 0.4) is 0 Å². The topological polar surface area (TPSA) is 52.6 Å². The maximum atomic E-state index is 13.8. The lowest BCUT2D eigenvalue weighted by Crippen LogP contribution is -2.39. The summed E-state index contributed by atoms with van der Waals surface area (Å²) >= 11 is 0. The van der Waals surface area contributed by atoms with Crippen molar-refractivity contribution in [1.82, 2.24) is 4.90 Å². The summed E-state index contributed by atoms with van der Waals surface area (Å²) in [6, 6.07) is 4.28. The highest BCUT2D eigenvalue weighted by atomic mass is 19.1. The second-order valence-electron chi connectivity index (χ2n) is 5.23. The van der Waals surface area contributed by atoms with Gasteiger partial charge in [0.1, 0.15) is 5.82 Å². The van der Waals surface area contributed by atoms with Crippen LogP contribution in [-0.2, 0) is 0 Å². The molecule has 2 rings (SSSR count). The van der Waals surface area contributed by atoms with E-state index in [9.17, 15) is 9.18 Å². The largest absolute Gasteiger partial charge is 0.478 e. The van der Waals surface area contributed by atoms with Crippen molar-refractivity contribution in [2.75, 3.05) is 25.0 Å². The Morgan fingerprint density at radius 3 is 2.75 bits per heavy atom. The molecule has 0 radical (unpaired) electrons. The molecular weight excluding hydrogens is 259 g/mol.